The number of anilines is 1. The standard InChI is InChI=1S/C13H14ClN3/c1-9(2)7-8-15-12-10-5-3-4-6-11(10)16-13(14)17-12/h3-7H,8H2,1-2H3,(H,15,16,17). The van der Waals surface area contributed by atoms with E-state index in [1.807, 2.05) is 24.3 Å². The minimum Gasteiger partial charge on any atom is -0.366 e. The Labute approximate surface area is 106 Å². The van der Waals surface area contributed by atoms with Crippen LogP contribution in [0.15, 0.2) is 35.9 Å². The highest BCUT2D eigenvalue weighted by molar-refractivity contribution is 6.28. The Hall–Kier alpha value is -1.61. The zero-order valence-electron chi connectivity index (χ0n) is 9.87. The van der Waals surface area contributed by atoms with Crippen molar-refractivity contribution < 1.29 is 0 Å². The highest BCUT2D eigenvalue weighted by Crippen LogP contribution is 2.21. The highest BCUT2D eigenvalue weighted by atomic mass is 35.5. The van der Waals surface area contributed by atoms with E-state index in [1.54, 1.807) is 0 Å². The molecule has 0 aliphatic rings. The molecule has 0 unspecified atom stereocenters. The smallest absolute Gasteiger partial charge is 0.224 e. The summed E-state index contributed by atoms with van der Waals surface area (Å²) in [5.41, 5.74) is 2.12. The number of rotatable bonds is 3. The van der Waals surface area contributed by atoms with E-state index in [2.05, 4.69) is 35.2 Å². The number of hydrogen-bond acceptors (Lipinski definition) is 3. The van der Waals surface area contributed by atoms with Gasteiger partial charge in [0.2, 0.25) is 5.28 Å². The van der Waals surface area contributed by atoms with Crippen molar-refractivity contribution in [2.24, 2.45) is 0 Å². The summed E-state index contributed by atoms with van der Waals surface area (Å²) in [6.45, 7) is 4.86. The molecule has 0 aliphatic heterocycles. The molecule has 0 radical (unpaired) electrons. The zero-order valence-corrected chi connectivity index (χ0v) is 10.6. The lowest BCUT2D eigenvalue weighted by atomic mass is 10.2. The third-order valence-corrected chi connectivity index (χ3v) is 2.52. The number of nitrogens with one attached hydrogen (secondary N) is 1. The molecule has 1 heterocycles. The normalized spacial score (nSPS) is 10.3. The van der Waals surface area contributed by atoms with Crippen LogP contribution in [-0.4, -0.2) is 16.5 Å². The van der Waals surface area contributed by atoms with E-state index in [4.69, 9.17) is 11.6 Å². The van der Waals surface area contributed by atoms with Crippen molar-refractivity contribution in [3.63, 3.8) is 0 Å². The minimum atomic E-state index is 0.267. The molecule has 0 saturated carbocycles. The molecule has 1 aromatic heterocycles. The van der Waals surface area contributed by atoms with Gasteiger partial charge in [0.25, 0.3) is 0 Å². The number of allylic oxidation sites excluding steroid dienone is 1. The van der Waals surface area contributed by atoms with Gasteiger partial charge in [-0.05, 0) is 37.6 Å². The van der Waals surface area contributed by atoms with Crippen molar-refractivity contribution in [1.82, 2.24) is 9.97 Å². The van der Waals surface area contributed by atoms with E-state index < -0.39 is 0 Å². The van der Waals surface area contributed by atoms with E-state index in [0.717, 1.165) is 23.3 Å². The van der Waals surface area contributed by atoms with Crippen LogP contribution in [0.2, 0.25) is 5.28 Å². The van der Waals surface area contributed by atoms with Crippen molar-refractivity contribution in [2.45, 2.75) is 13.8 Å². The Morgan fingerprint density at radius 1 is 1.29 bits per heavy atom. The average Bonchev–Trinajstić information content (AvgIpc) is 2.28. The number of fused-ring (bicyclic) bond motifs is 1. The van der Waals surface area contributed by atoms with Gasteiger partial charge in [0.1, 0.15) is 5.82 Å². The summed E-state index contributed by atoms with van der Waals surface area (Å²) >= 11 is 5.89. The van der Waals surface area contributed by atoms with Crippen LogP contribution >= 0.6 is 11.6 Å². The van der Waals surface area contributed by atoms with E-state index in [9.17, 15) is 0 Å². The fraction of sp³-hybridized carbons (Fsp3) is 0.231. The second kappa shape index (κ2) is 5.15. The third-order valence-electron chi connectivity index (χ3n) is 2.36. The lowest BCUT2D eigenvalue weighted by Crippen LogP contribution is -2.03. The largest absolute Gasteiger partial charge is 0.366 e. The monoisotopic (exact) mass is 247 g/mol. The fourth-order valence-electron chi connectivity index (χ4n) is 1.53. The molecule has 2 aromatic rings. The minimum absolute atomic E-state index is 0.267. The molecule has 0 saturated heterocycles. The van der Waals surface area contributed by atoms with Crippen LogP contribution in [0, 0.1) is 0 Å². The molecule has 0 fully saturated rings. The Bertz CT molecular complexity index is 560. The van der Waals surface area contributed by atoms with Crippen LogP contribution in [0.3, 0.4) is 0 Å². The molecule has 1 aromatic carbocycles. The first kappa shape index (κ1) is 11.9. The number of aromatic nitrogens is 2. The maximum Gasteiger partial charge on any atom is 0.224 e. The lowest BCUT2D eigenvalue weighted by Gasteiger charge is -2.07. The second-order valence-corrected chi connectivity index (χ2v) is 4.36. The molecule has 3 nitrogen and oxygen atoms in total. The fourth-order valence-corrected chi connectivity index (χ4v) is 1.71. The molecule has 1 N–H and O–H groups in total. The van der Waals surface area contributed by atoms with Crippen LogP contribution in [0.25, 0.3) is 10.9 Å². The highest BCUT2D eigenvalue weighted by Gasteiger charge is 2.04. The molecule has 17 heavy (non-hydrogen) atoms. The molecule has 0 bridgehead atoms. The van der Waals surface area contributed by atoms with Crippen LogP contribution in [0.4, 0.5) is 5.82 Å². The number of benzene rings is 1. The summed E-state index contributed by atoms with van der Waals surface area (Å²) < 4.78 is 0. The molecule has 0 aliphatic carbocycles. The number of halogens is 1. The summed E-state index contributed by atoms with van der Waals surface area (Å²) in [7, 11) is 0. The molecular formula is C13H14ClN3. The maximum absolute atomic E-state index is 5.89. The summed E-state index contributed by atoms with van der Waals surface area (Å²) in [6, 6.07) is 7.81. The van der Waals surface area contributed by atoms with Gasteiger partial charge in [-0.2, -0.15) is 0 Å². The van der Waals surface area contributed by atoms with Crippen LogP contribution in [0.5, 0.6) is 0 Å². The van der Waals surface area contributed by atoms with Gasteiger partial charge in [0.15, 0.2) is 0 Å². The van der Waals surface area contributed by atoms with Gasteiger partial charge >= 0.3 is 0 Å². The van der Waals surface area contributed by atoms with Gasteiger partial charge in [-0.15, -0.1) is 0 Å². The predicted molar refractivity (Wildman–Crippen MR) is 72.5 cm³/mol. The number of para-hydroxylation sites is 1. The Balaban J connectivity index is 2.35. The number of hydrogen-bond donors (Lipinski definition) is 1. The van der Waals surface area contributed by atoms with Gasteiger partial charge in [-0.1, -0.05) is 23.8 Å². The summed E-state index contributed by atoms with van der Waals surface area (Å²) in [6.07, 6.45) is 2.10. The van der Waals surface area contributed by atoms with Gasteiger partial charge in [0, 0.05) is 11.9 Å². The van der Waals surface area contributed by atoms with Crippen molar-refractivity contribution >= 4 is 28.3 Å². The summed E-state index contributed by atoms with van der Waals surface area (Å²) in [5.74, 6) is 0.776. The van der Waals surface area contributed by atoms with E-state index in [-0.39, 0.29) is 5.28 Å². The first-order valence-electron chi connectivity index (χ1n) is 5.46. The number of nitrogens with zero attached hydrogens (tertiary/aromatic N) is 2. The molecular weight excluding hydrogens is 234 g/mol. The molecule has 0 amide bonds. The third kappa shape index (κ3) is 2.94. The van der Waals surface area contributed by atoms with Crippen LogP contribution in [0.1, 0.15) is 13.8 Å². The maximum atomic E-state index is 5.89. The van der Waals surface area contributed by atoms with Crippen molar-refractivity contribution in [1.29, 1.82) is 0 Å². The van der Waals surface area contributed by atoms with Crippen LogP contribution < -0.4 is 5.32 Å². The van der Waals surface area contributed by atoms with Crippen LogP contribution in [-0.2, 0) is 0 Å². The Morgan fingerprint density at radius 2 is 2.06 bits per heavy atom. The topological polar surface area (TPSA) is 37.8 Å². The first-order valence-corrected chi connectivity index (χ1v) is 5.84. The lowest BCUT2D eigenvalue weighted by molar-refractivity contribution is 1.17. The Kier molecular flexibility index (Phi) is 3.59. The predicted octanol–water partition coefficient (Wildman–Crippen LogP) is 3.66. The zero-order chi connectivity index (χ0) is 12.3. The molecule has 4 heteroatoms. The quantitative estimate of drug-likeness (QED) is 0.664. The Morgan fingerprint density at radius 3 is 2.82 bits per heavy atom. The van der Waals surface area contributed by atoms with Gasteiger partial charge in [0.05, 0.1) is 5.52 Å². The summed E-state index contributed by atoms with van der Waals surface area (Å²) in [4.78, 5) is 8.39. The van der Waals surface area contributed by atoms with Crippen molar-refractivity contribution in [3.05, 3.63) is 41.2 Å². The van der Waals surface area contributed by atoms with E-state index in [1.165, 1.54) is 5.57 Å². The van der Waals surface area contributed by atoms with E-state index >= 15 is 0 Å². The van der Waals surface area contributed by atoms with Gasteiger partial charge in [-0.3, -0.25) is 0 Å². The summed E-state index contributed by atoms with van der Waals surface area (Å²) in [5, 5.41) is 4.50. The van der Waals surface area contributed by atoms with Gasteiger partial charge in [-0.25, -0.2) is 9.97 Å². The molecule has 0 spiro atoms. The SMILES string of the molecule is CC(C)=CCNc1nc(Cl)nc2ccccc12. The van der Waals surface area contributed by atoms with Crippen molar-refractivity contribution in [3.8, 4) is 0 Å². The molecule has 88 valence electrons. The van der Waals surface area contributed by atoms with Gasteiger partial charge < -0.3 is 5.32 Å². The second-order valence-electron chi connectivity index (χ2n) is 4.02. The first-order chi connectivity index (χ1) is 8.16. The van der Waals surface area contributed by atoms with E-state index in [0.29, 0.717) is 0 Å². The average molecular weight is 248 g/mol. The molecule has 2 rings (SSSR count). The van der Waals surface area contributed by atoms with Crippen molar-refractivity contribution in [2.75, 3.05) is 11.9 Å². The molecule has 0 atom stereocenters.